The lowest BCUT2D eigenvalue weighted by atomic mass is 10.3. The maximum Gasteiger partial charge on any atom is 0.122 e. The zero-order chi connectivity index (χ0) is 9.68. The van der Waals surface area contributed by atoms with Gasteiger partial charge in [-0.1, -0.05) is 28.1 Å². The molecule has 1 aromatic carbocycles. The second-order valence-corrected chi connectivity index (χ2v) is 3.52. The lowest BCUT2D eigenvalue weighted by Gasteiger charge is -2.04. The summed E-state index contributed by atoms with van der Waals surface area (Å²) in [5.41, 5.74) is 6.33. The van der Waals surface area contributed by atoms with Crippen LogP contribution < -0.4 is 10.5 Å². The molecule has 1 rings (SSSR count). The van der Waals surface area contributed by atoms with Crippen molar-refractivity contribution >= 4 is 21.6 Å². The average Bonchev–Trinajstić information content (AvgIpc) is 2.03. The molecule has 0 heterocycles. The first-order chi connectivity index (χ1) is 6.22. The standard InChI is InChI=1S/C10H12BrNO/c1-2-3-4-13-10-6-8(11)5-9(12)7-10/h2-3,5-7H,4,12H2,1H3/b3-2+. The summed E-state index contributed by atoms with van der Waals surface area (Å²) in [6.45, 7) is 2.53. The smallest absolute Gasteiger partial charge is 0.122 e. The van der Waals surface area contributed by atoms with Gasteiger partial charge in [-0.3, -0.25) is 0 Å². The first-order valence-electron chi connectivity index (χ1n) is 4.02. The maximum atomic E-state index is 5.64. The second-order valence-electron chi connectivity index (χ2n) is 2.60. The summed E-state index contributed by atoms with van der Waals surface area (Å²) in [4.78, 5) is 0. The molecule has 0 saturated carbocycles. The monoisotopic (exact) mass is 241 g/mol. The lowest BCUT2D eigenvalue weighted by Crippen LogP contribution is -1.94. The van der Waals surface area contributed by atoms with E-state index in [4.69, 9.17) is 10.5 Å². The molecule has 0 bridgehead atoms. The topological polar surface area (TPSA) is 35.2 Å². The predicted molar refractivity (Wildman–Crippen MR) is 58.9 cm³/mol. The van der Waals surface area contributed by atoms with Crippen LogP contribution in [0, 0.1) is 0 Å². The van der Waals surface area contributed by atoms with E-state index >= 15 is 0 Å². The molecule has 0 amide bonds. The van der Waals surface area contributed by atoms with Gasteiger partial charge in [-0.15, -0.1) is 0 Å². The van der Waals surface area contributed by atoms with Crippen LogP contribution >= 0.6 is 15.9 Å². The van der Waals surface area contributed by atoms with Gasteiger partial charge in [0.15, 0.2) is 0 Å². The molecule has 0 unspecified atom stereocenters. The normalized spacial score (nSPS) is 10.6. The number of allylic oxidation sites excluding steroid dienone is 1. The van der Waals surface area contributed by atoms with Gasteiger partial charge in [0.25, 0.3) is 0 Å². The Morgan fingerprint density at radius 1 is 1.46 bits per heavy atom. The van der Waals surface area contributed by atoms with Crippen LogP contribution in [0.1, 0.15) is 6.92 Å². The molecule has 0 aliphatic carbocycles. The number of hydrogen-bond acceptors (Lipinski definition) is 2. The minimum absolute atomic E-state index is 0.576. The molecule has 13 heavy (non-hydrogen) atoms. The molecule has 0 aliphatic heterocycles. The maximum absolute atomic E-state index is 5.64. The Hall–Kier alpha value is -0.960. The molecule has 2 nitrogen and oxygen atoms in total. The van der Waals surface area contributed by atoms with Gasteiger partial charge < -0.3 is 10.5 Å². The van der Waals surface area contributed by atoms with Crippen molar-refractivity contribution in [2.75, 3.05) is 12.3 Å². The zero-order valence-electron chi connectivity index (χ0n) is 7.46. The SMILES string of the molecule is C/C=C/COc1cc(N)cc(Br)c1. The van der Waals surface area contributed by atoms with Crippen LogP contribution in [0.25, 0.3) is 0 Å². The summed E-state index contributed by atoms with van der Waals surface area (Å²) in [7, 11) is 0. The second kappa shape index (κ2) is 4.92. The molecule has 3 heteroatoms. The highest BCUT2D eigenvalue weighted by Gasteiger charge is 1.96. The van der Waals surface area contributed by atoms with Crippen LogP contribution in [-0.4, -0.2) is 6.61 Å². The van der Waals surface area contributed by atoms with Gasteiger partial charge in [-0.2, -0.15) is 0 Å². The van der Waals surface area contributed by atoms with Crippen molar-refractivity contribution in [2.45, 2.75) is 6.92 Å². The first-order valence-corrected chi connectivity index (χ1v) is 4.81. The molecular weight excluding hydrogens is 230 g/mol. The highest BCUT2D eigenvalue weighted by molar-refractivity contribution is 9.10. The Morgan fingerprint density at radius 3 is 2.85 bits per heavy atom. The van der Waals surface area contributed by atoms with Gasteiger partial charge in [0, 0.05) is 16.2 Å². The summed E-state index contributed by atoms with van der Waals surface area (Å²) >= 11 is 3.34. The Kier molecular flexibility index (Phi) is 3.83. The minimum atomic E-state index is 0.576. The Balaban J connectivity index is 2.66. The molecule has 0 aliphatic rings. The highest BCUT2D eigenvalue weighted by Crippen LogP contribution is 2.22. The third-order valence-electron chi connectivity index (χ3n) is 1.48. The van der Waals surface area contributed by atoms with E-state index in [1.54, 1.807) is 6.07 Å². The van der Waals surface area contributed by atoms with Crippen LogP contribution in [0.15, 0.2) is 34.8 Å². The number of nitrogen functional groups attached to an aromatic ring is 1. The molecule has 0 saturated heterocycles. The Morgan fingerprint density at radius 2 is 2.23 bits per heavy atom. The summed E-state index contributed by atoms with van der Waals surface area (Å²) in [5, 5.41) is 0. The fourth-order valence-electron chi connectivity index (χ4n) is 0.908. The van der Waals surface area contributed by atoms with Crippen LogP contribution in [-0.2, 0) is 0 Å². The molecule has 0 aromatic heterocycles. The zero-order valence-corrected chi connectivity index (χ0v) is 9.04. The molecular formula is C10H12BrNO. The molecule has 0 atom stereocenters. The van der Waals surface area contributed by atoms with Gasteiger partial charge in [0.1, 0.15) is 12.4 Å². The predicted octanol–water partition coefficient (Wildman–Crippen LogP) is 2.99. The van der Waals surface area contributed by atoms with Crippen molar-refractivity contribution in [1.29, 1.82) is 0 Å². The number of rotatable bonds is 3. The van der Waals surface area contributed by atoms with Gasteiger partial charge in [0.05, 0.1) is 0 Å². The minimum Gasteiger partial charge on any atom is -0.489 e. The van der Waals surface area contributed by atoms with E-state index in [1.165, 1.54) is 0 Å². The molecule has 2 N–H and O–H groups in total. The van der Waals surface area contributed by atoms with Gasteiger partial charge in [0.2, 0.25) is 0 Å². The Labute approximate surface area is 86.5 Å². The van der Waals surface area contributed by atoms with E-state index < -0.39 is 0 Å². The van der Waals surface area contributed by atoms with Crippen LogP contribution in [0.3, 0.4) is 0 Å². The number of halogens is 1. The first kappa shape index (κ1) is 10.1. The van der Waals surface area contributed by atoms with Gasteiger partial charge in [-0.25, -0.2) is 0 Å². The lowest BCUT2D eigenvalue weighted by molar-refractivity contribution is 0.363. The molecule has 0 fully saturated rings. The third kappa shape index (κ3) is 3.51. The van der Waals surface area contributed by atoms with E-state index in [1.807, 2.05) is 31.2 Å². The van der Waals surface area contributed by atoms with Gasteiger partial charge >= 0.3 is 0 Å². The number of nitrogens with two attached hydrogens (primary N) is 1. The fourth-order valence-corrected chi connectivity index (χ4v) is 1.40. The molecule has 0 radical (unpaired) electrons. The third-order valence-corrected chi connectivity index (χ3v) is 1.93. The van der Waals surface area contributed by atoms with E-state index in [0.29, 0.717) is 12.3 Å². The van der Waals surface area contributed by atoms with Crippen molar-refractivity contribution in [2.24, 2.45) is 0 Å². The van der Waals surface area contributed by atoms with Crippen LogP contribution in [0.2, 0.25) is 0 Å². The Bertz CT molecular complexity index is 290. The fraction of sp³-hybridized carbons (Fsp3) is 0.200. The molecule has 1 aromatic rings. The highest BCUT2D eigenvalue weighted by atomic mass is 79.9. The quantitative estimate of drug-likeness (QED) is 0.653. The summed E-state index contributed by atoms with van der Waals surface area (Å²) < 4.78 is 6.34. The van der Waals surface area contributed by atoms with Crippen molar-refractivity contribution in [3.05, 3.63) is 34.8 Å². The molecule has 70 valence electrons. The summed E-state index contributed by atoms with van der Waals surface area (Å²) in [6, 6.07) is 5.52. The van der Waals surface area contributed by atoms with Crippen LogP contribution in [0.4, 0.5) is 5.69 Å². The summed E-state index contributed by atoms with van der Waals surface area (Å²) in [6.07, 6.45) is 3.89. The van der Waals surface area contributed by atoms with E-state index in [-0.39, 0.29) is 0 Å². The van der Waals surface area contributed by atoms with Crippen LogP contribution in [0.5, 0.6) is 5.75 Å². The van der Waals surface area contributed by atoms with Crippen molar-refractivity contribution in [3.8, 4) is 5.75 Å². The number of anilines is 1. The summed E-state index contributed by atoms with van der Waals surface area (Å²) in [5.74, 6) is 0.782. The largest absolute Gasteiger partial charge is 0.489 e. The number of ether oxygens (including phenoxy) is 1. The number of benzene rings is 1. The van der Waals surface area contributed by atoms with Crippen molar-refractivity contribution in [1.82, 2.24) is 0 Å². The average molecular weight is 242 g/mol. The molecule has 0 spiro atoms. The number of hydrogen-bond donors (Lipinski definition) is 1. The van der Waals surface area contributed by atoms with Crippen molar-refractivity contribution in [3.63, 3.8) is 0 Å². The van der Waals surface area contributed by atoms with E-state index in [0.717, 1.165) is 10.2 Å². The van der Waals surface area contributed by atoms with Gasteiger partial charge in [-0.05, 0) is 19.1 Å². The van der Waals surface area contributed by atoms with E-state index in [2.05, 4.69) is 15.9 Å². The van der Waals surface area contributed by atoms with Crippen molar-refractivity contribution < 1.29 is 4.74 Å². The van der Waals surface area contributed by atoms with E-state index in [9.17, 15) is 0 Å².